The minimum Gasteiger partial charge on any atom is -0.505 e. The smallest absolute Gasteiger partial charge is 0.295 e. The molecule has 7 heteroatoms. The van der Waals surface area contributed by atoms with Crippen molar-refractivity contribution < 1.29 is 14.7 Å². The van der Waals surface area contributed by atoms with Gasteiger partial charge in [0.15, 0.2) is 5.76 Å². The Hall–Kier alpha value is -4.26. The second kappa shape index (κ2) is 8.83. The number of aliphatic hydroxyl groups excluding tert-OH is 1. The molecule has 1 unspecified atom stereocenters. The molecule has 1 N–H and O–H groups in total. The van der Waals surface area contributed by atoms with E-state index in [1.54, 1.807) is 18.5 Å². The van der Waals surface area contributed by atoms with Crippen LogP contribution in [0.2, 0.25) is 0 Å². The lowest BCUT2D eigenvalue weighted by Gasteiger charge is -2.25. The molecule has 0 bridgehead atoms. The monoisotopic (exact) mass is 466 g/mol. The number of amides is 1. The lowest BCUT2D eigenvalue weighted by molar-refractivity contribution is -0.140. The first kappa shape index (κ1) is 22.5. The third-order valence-corrected chi connectivity index (χ3v) is 6.63. The molecule has 1 aromatic carbocycles. The number of aromatic nitrogens is 3. The number of fused-ring (bicyclic) bond motifs is 1. The second-order valence-electron chi connectivity index (χ2n) is 8.81. The van der Waals surface area contributed by atoms with Gasteiger partial charge in [-0.15, -0.1) is 0 Å². The van der Waals surface area contributed by atoms with Crippen LogP contribution in [0.25, 0.3) is 11.4 Å². The van der Waals surface area contributed by atoms with E-state index in [-0.39, 0.29) is 17.9 Å². The summed E-state index contributed by atoms with van der Waals surface area (Å²) < 4.78 is 1.88. The number of pyridine rings is 2. The summed E-state index contributed by atoms with van der Waals surface area (Å²) in [4.78, 5) is 36.9. The first-order chi connectivity index (χ1) is 16.9. The molecular weight excluding hydrogens is 440 g/mol. The normalized spacial score (nSPS) is 17.5. The lowest BCUT2D eigenvalue weighted by Crippen LogP contribution is -2.29. The van der Waals surface area contributed by atoms with Crippen molar-refractivity contribution in [2.75, 3.05) is 0 Å². The van der Waals surface area contributed by atoms with E-state index in [1.807, 2.05) is 66.9 Å². The van der Waals surface area contributed by atoms with Gasteiger partial charge in [0.2, 0.25) is 0 Å². The third kappa shape index (κ3) is 3.79. The number of imidazole rings is 1. The maximum absolute atomic E-state index is 13.4. The number of aliphatic hydroxyl groups is 1. The molecule has 0 aliphatic carbocycles. The van der Waals surface area contributed by atoms with Crippen molar-refractivity contribution in [3.05, 3.63) is 106 Å². The number of hydrogen-bond donors (Lipinski definition) is 1. The summed E-state index contributed by atoms with van der Waals surface area (Å²) in [6.07, 6.45) is 6.07. The maximum Gasteiger partial charge on any atom is 0.295 e. The van der Waals surface area contributed by atoms with E-state index in [2.05, 4.69) is 16.9 Å². The molecule has 1 amide bonds. The molecule has 4 heterocycles. The van der Waals surface area contributed by atoms with Gasteiger partial charge in [-0.2, -0.15) is 0 Å². The van der Waals surface area contributed by atoms with Crippen molar-refractivity contribution in [2.45, 2.75) is 39.8 Å². The first-order valence-corrected chi connectivity index (χ1v) is 11.6. The van der Waals surface area contributed by atoms with E-state index in [0.29, 0.717) is 17.0 Å². The molecule has 1 saturated heterocycles. The summed E-state index contributed by atoms with van der Waals surface area (Å²) >= 11 is 0. The molecule has 1 atom stereocenters. The molecule has 0 radical (unpaired) electrons. The quantitative estimate of drug-likeness (QED) is 0.265. The van der Waals surface area contributed by atoms with Gasteiger partial charge in [0.05, 0.1) is 17.3 Å². The van der Waals surface area contributed by atoms with Crippen LogP contribution in [0, 0.1) is 13.8 Å². The van der Waals surface area contributed by atoms with Crippen LogP contribution in [-0.4, -0.2) is 36.1 Å². The van der Waals surface area contributed by atoms with E-state index in [9.17, 15) is 14.7 Å². The van der Waals surface area contributed by atoms with Gasteiger partial charge in [0.25, 0.3) is 11.7 Å². The van der Waals surface area contributed by atoms with E-state index in [0.717, 1.165) is 28.7 Å². The first-order valence-electron chi connectivity index (χ1n) is 11.6. The number of nitrogens with zero attached hydrogens (tertiary/aromatic N) is 4. The molecule has 0 saturated carbocycles. The highest BCUT2D eigenvalue weighted by Crippen LogP contribution is 2.40. The second-order valence-corrected chi connectivity index (χ2v) is 8.81. The standard InChI is InChI=1S/C28H26N4O3/c1-4-19-9-11-21(12-10-19)24-22(26(34)28(35)32(24)16-20-8-5-13-29-15-20)25(33)23-18(3)31-14-6-7-17(2)27(31)30-23/h5-15,24,33H,4,16H2,1-3H3. The molecule has 3 aromatic heterocycles. The number of carbonyl (C=O) groups is 2. The lowest BCUT2D eigenvalue weighted by atomic mass is 9.95. The number of benzene rings is 1. The largest absolute Gasteiger partial charge is 0.505 e. The summed E-state index contributed by atoms with van der Waals surface area (Å²) in [5, 5.41) is 11.5. The fourth-order valence-corrected chi connectivity index (χ4v) is 4.69. The van der Waals surface area contributed by atoms with Gasteiger partial charge in [0.1, 0.15) is 11.3 Å². The Kier molecular flexibility index (Phi) is 5.68. The van der Waals surface area contributed by atoms with Crippen molar-refractivity contribution in [1.29, 1.82) is 0 Å². The Labute approximate surface area is 203 Å². The fraction of sp³-hybridized carbons (Fsp3) is 0.214. The number of rotatable bonds is 5. The minimum atomic E-state index is -0.744. The average Bonchev–Trinajstić information content (AvgIpc) is 3.35. The molecule has 1 aliphatic rings. The molecule has 1 fully saturated rings. The number of ketones is 1. The molecule has 176 valence electrons. The Bertz CT molecular complexity index is 1470. The fourth-order valence-electron chi connectivity index (χ4n) is 4.69. The van der Waals surface area contributed by atoms with Crippen molar-refractivity contribution in [3.63, 3.8) is 0 Å². The van der Waals surface area contributed by atoms with Gasteiger partial charge >= 0.3 is 0 Å². The zero-order valence-corrected chi connectivity index (χ0v) is 19.9. The summed E-state index contributed by atoms with van der Waals surface area (Å²) in [5.74, 6) is -1.64. The van der Waals surface area contributed by atoms with Gasteiger partial charge in [-0.25, -0.2) is 4.98 Å². The van der Waals surface area contributed by atoms with Gasteiger partial charge in [-0.05, 0) is 54.7 Å². The van der Waals surface area contributed by atoms with Gasteiger partial charge < -0.3 is 14.4 Å². The van der Waals surface area contributed by atoms with Crippen molar-refractivity contribution >= 4 is 23.1 Å². The molecule has 1 aliphatic heterocycles. The highest BCUT2D eigenvalue weighted by atomic mass is 16.3. The number of hydrogen-bond acceptors (Lipinski definition) is 5. The van der Waals surface area contributed by atoms with Gasteiger partial charge in [-0.1, -0.05) is 43.3 Å². The van der Waals surface area contributed by atoms with E-state index in [1.165, 1.54) is 4.90 Å². The predicted octanol–water partition coefficient (Wildman–Crippen LogP) is 4.53. The highest BCUT2D eigenvalue weighted by molar-refractivity contribution is 6.46. The third-order valence-electron chi connectivity index (χ3n) is 6.63. The number of likely N-dealkylation sites (tertiary alicyclic amines) is 1. The summed E-state index contributed by atoms with van der Waals surface area (Å²) in [5.41, 5.74) is 5.37. The number of carbonyl (C=O) groups excluding carboxylic acids is 2. The van der Waals surface area contributed by atoms with Crippen LogP contribution in [0.4, 0.5) is 0 Å². The van der Waals surface area contributed by atoms with Crippen LogP contribution in [0.3, 0.4) is 0 Å². The number of aryl methyl sites for hydroxylation is 3. The van der Waals surface area contributed by atoms with Crippen molar-refractivity contribution in [1.82, 2.24) is 19.3 Å². The van der Waals surface area contributed by atoms with E-state index >= 15 is 0 Å². The van der Waals surface area contributed by atoms with E-state index in [4.69, 9.17) is 0 Å². The van der Waals surface area contributed by atoms with Crippen LogP contribution >= 0.6 is 0 Å². The van der Waals surface area contributed by atoms with Crippen LogP contribution in [0.15, 0.2) is 72.7 Å². The average molecular weight is 467 g/mol. The van der Waals surface area contributed by atoms with Gasteiger partial charge in [-0.3, -0.25) is 14.6 Å². The number of Topliss-reactive ketones (excluding diaryl/α,β-unsaturated/α-hetero) is 1. The summed E-state index contributed by atoms with van der Waals surface area (Å²) in [6.45, 7) is 6.04. The van der Waals surface area contributed by atoms with E-state index < -0.39 is 17.7 Å². The highest BCUT2D eigenvalue weighted by Gasteiger charge is 2.46. The summed E-state index contributed by atoms with van der Waals surface area (Å²) in [6, 6.07) is 14.6. The molecule has 7 nitrogen and oxygen atoms in total. The SMILES string of the molecule is CCc1ccc(C2C(=C(O)c3nc4c(C)cccn4c3C)C(=O)C(=O)N2Cc2cccnc2)cc1. The molecule has 5 rings (SSSR count). The van der Waals surface area contributed by atoms with Crippen LogP contribution < -0.4 is 0 Å². The Morgan fingerprint density at radius 2 is 1.80 bits per heavy atom. The summed E-state index contributed by atoms with van der Waals surface area (Å²) in [7, 11) is 0. The molecule has 35 heavy (non-hydrogen) atoms. The Balaban J connectivity index is 1.70. The van der Waals surface area contributed by atoms with Crippen molar-refractivity contribution in [3.8, 4) is 0 Å². The Morgan fingerprint density at radius 1 is 1.03 bits per heavy atom. The Morgan fingerprint density at radius 3 is 2.46 bits per heavy atom. The van der Waals surface area contributed by atoms with Crippen LogP contribution in [-0.2, 0) is 22.6 Å². The van der Waals surface area contributed by atoms with Crippen LogP contribution in [0.5, 0.6) is 0 Å². The minimum absolute atomic E-state index is 0.0484. The zero-order chi connectivity index (χ0) is 24.7. The maximum atomic E-state index is 13.4. The van der Waals surface area contributed by atoms with Gasteiger partial charge in [0, 0.05) is 25.1 Å². The topological polar surface area (TPSA) is 87.8 Å². The molecular formula is C28H26N4O3. The molecule has 4 aromatic rings. The van der Waals surface area contributed by atoms with Crippen molar-refractivity contribution in [2.24, 2.45) is 0 Å². The van der Waals surface area contributed by atoms with Crippen LogP contribution in [0.1, 0.15) is 46.6 Å². The predicted molar refractivity (Wildman–Crippen MR) is 133 cm³/mol. The molecule has 0 spiro atoms. The zero-order valence-electron chi connectivity index (χ0n) is 19.9.